The maximum atomic E-state index is 14.3. The highest BCUT2D eigenvalue weighted by Gasteiger charge is 2.32. The number of hydrogen-bond acceptors (Lipinski definition) is 2. The average Bonchev–Trinajstić information content (AvgIpc) is 2.40. The topological polar surface area (TPSA) is 20.3 Å². The zero-order valence-electron chi connectivity index (χ0n) is 12.9. The van der Waals surface area contributed by atoms with Gasteiger partial charge in [0.2, 0.25) is 0 Å². The molecule has 0 saturated carbocycles. The number of halogens is 2. The van der Waals surface area contributed by atoms with Crippen LogP contribution in [-0.4, -0.2) is 36.0 Å². The highest BCUT2D eigenvalue weighted by atomic mass is 35.5. The van der Waals surface area contributed by atoms with Gasteiger partial charge in [0, 0.05) is 24.6 Å². The Kier molecular flexibility index (Phi) is 5.39. The Morgan fingerprint density at radius 2 is 2.19 bits per heavy atom. The molecule has 2 nitrogen and oxygen atoms in total. The molecule has 0 aliphatic carbocycles. The van der Waals surface area contributed by atoms with Crippen molar-refractivity contribution in [2.45, 2.75) is 45.8 Å². The molecule has 0 unspecified atom stereocenters. The molecule has 0 amide bonds. The summed E-state index contributed by atoms with van der Waals surface area (Å²) in [6.45, 7) is 7.36. The lowest BCUT2D eigenvalue weighted by Crippen LogP contribution is -2.45. The smallest absolute Gasteiger partial charge is 0.164 e. The monoisotopic (exact) mass is 311 g/mol. The molecule has 2 atom stereocenters. The molecule has 1 fully saturated rings. The first kappa shape index (κ1) is 16.4. The maximum absolute atomic E-state index is 14.3. The first-order valence-corrected chi connectivity index (χ1v) is 7.93. The third-order valence-corrected chi connectivity index (χ3v) is 4.62. The summed E-state index contributed by atoms with van der Waals surface area (Å²) in [5, 5.41) is 0.468. The van der Waals surface area contributed by atoms with E-state index >= 15 is 0 Å². The van der Waals surface area contributed by atoms with Crippen molar-refractivity contribution < 1.29 is 9.18 Å². The Hall–Kier alpha value is -0.930. The van der Waals surface area contributed by atoms with E-state index in [1.807, 2.05) is 13.0 Å². The van der Waals surface area contributed by atoms with Crippen LogP contribution < -0.4 is 0 Å². The minimum atomic E-state index is -0.936. The SMILES string of the molecule is Cc1ccc(C(=O)C[C@@H]2CCN(C(C)C)C[C@@H]2F)c(Cl)c1. The lowest BCUT2D eigenvalue weighted by Gasteiger charge is -2.36. The second-order valence-corrected chi connectivity index (χ2v) is 6.67. The van der Waals surface area contributed by atoms with Crippen LogP contribution in [0.2, 0.25) is 5.02 Å². The van der Waals surface area contributed by atoms with Crippen LogP contribution in [0.15, 0.2) is 18.2 Å². The van der Waals surface area contributed by atoms with E-state index in [2.05, 4.69) is 18.7 Å². The van der Waals surface area contributed by atoms with Crippen molar-refractivity contribution in [2.75, 3.05) is 13.1 Å². The molecular formula is C17H23ClFNO. The van der Waals surface area contributed by atoms with Gasteiger partial charge in [-0.1, -0.05) is 17.7 Å². The molecule has 0 spiro atoms. The number of benzene rings is 1. The molecule has 1 aliphatic heterocycles. The van der Waals surface area contributed by atoms with Gasteiger partial charge >= 0.3 is 0 Å². The Balaban J connectivity index is 2.00. The molecule has 116 valence electrons. The second-order valence-electron chi connectivity index (χ2n) is 6.26. The van der Waals surface area contributed by atoms with Crippen LogP contribution in [0.25, 0.3) is 0 Å². The van der Waals surface area contributed by atoms with Crippen LogP contribution in [0, 0.1) is 12.8 Å². The minimum Gasteiger partial charge on any atom is -0.298 e. The molecular weight excluding hydrogens is 289 g/mol. The van der Waals surface area contributed by atoms with E-state index in [-0.39, 0.29) is 18.1 Å². The highest BCUT2D eigenvalue weighted by Crippen LogP contribution is 2.28. The van der Waals surface area contributed by atoms with Crippen LogP contribution in [0.4, 0.5) is 4.39 Å². The third-order valence-electron chi connectivity index (χ3n) is 4.31. The number of rotatable bonds is 4. The fraction of sp³-hybridized carbons (Fsp3) is 0.588. The van der Waals surface area contributed by atoms with E-state index in [4.69, 9.17) is 11.6 Å². The molecule has 21 heavy (non-hydrogen) atoms. The summed E-state index contributed by atoms with van der Waals surface area (Å²) in [6.07, 6.45) is 0.0408. The predicted molar refractivity (Wildman–Crippen MR) is 84.8 cm³/mol. The summed E-state index contributed by atoms with van der Waals surface area (Å²) in [4.78, 5) is 14.5. The third kappa shape index (κ3) is 4.04. The van der Waals surface area contributed by atoms with Crippen LogP contribution in [-0.2, 0) is 0 Å². The molecule has 1 aromatic carbocycles. The molecule has 0 bridgehead atoms. The molecule has 1 saturated heterocycles. The van der Waals surface area contributed by atoms with Crippen LogP contribution >= 0.6 is 11.6 Å². The van der Waals surface area contributed by atoms with E-state index in [9.17, 15) is 9.18 Å². The number of Topliss-reactive ketones (excluding diaryl/α,β-unsaturated/α-hetero) is 1. The first-order valence-electron chi connectivity index (χ1n) is 7.56. The van der Waals surface area contributed by atoms with E-state index < -0.39 is 6.17 Å². The Morgan fingerprint density at radius 1 is 1.48 bits per heavy atom. The molecule has 0 aromatic heterocycles. The number of piperidine rings is 1. The molecule has 1 heterocycles. The lowest BCUT2D eigenvalue weighted by atomic mass is 9.88. The number of nitrogens with zero attached hydrogens (tertiary/aromatic N) is 1. The Labute approximate surface area is 131 Å². The number of carbonyl (C=O) groups is 1. The normalized spacial score (nSPS) is 23.5. The summed E-state index contributed by atoms with van der Waals surface area (Å²) in [5.41, 5.74) is 1.53. The Morgan fingerprint density at radius 3 is 2.76 bits per heavy atom. The van der Waals surface area contributed by atoms with Gasteiger partial charge in [0.25, 0.3) is 0 Å². The fourth-order valence-corrected chi connectivity index (χ4v) is 3.21. The largest absolute Gasteiger partial charge is 0.298 e. The van der Waals surface area contributed by atoms with Gasteiger partial charge in [-0.15, -0.1) is 0 Å². The minimum absolute atomic E-state index is 0.0503. The van der Waals surface area contributed by atoms with Crippen molar-refractivity contribution in [3.05, 3.63) is 34.3 Å². The molecule has 4 heteroatoms. The van der Waals surface area contributed by atoms with Crippen molar-refractivity contribution in [1.29, 1.82) is 0 Å². The zero-order valence-corrected chi connectivity index (χ0v) is 13.7. The van der Waals surface area contributed by atoms with Gasteiger partial charge in [0.1, 0.15) is 6.17 Å². The summed E-state index contributed by atoms with van der Waals surface area (Å²) >= 11 is 6.12. The lowest BCUT2D eigenvalue weighted by molar-refractivity contribution is 0.0567. The Bertz CT molecular complexity index is 518. The number of ketones is 1. The standard InChI is InChI=1S/C17H23ClFNO/c1-11(2)20-7-6-13(16(19)10-20)9-17(21)14-5-4-12(3)8-15(14)18/h4-5,8,11,13,16H,6-7,9-10H2,1-3H3/t13-,16-/m0/s1. The first-order chi connectivity index (χ1) is 9.88. The number of alkyl halides is 1. The summed E-state index contributed by atoms with van der Waals surface area (Å²) < 4.78 is 14.3. The van der Waals surface area contributed by atoms with Crippen molar-refractivity contribution in [2.24, 2.45) is 5.92 Å². The quantitative estimate of drug-likeness (QED) is 0.773. The molecule has 1 aliphatic rings. The molecule has 0 radical (unpaired) electrons. The summed E-state index contributed by atoms with van der Waals surface area (Å²) in [7, 11) is 0. The predicted octanol–water partition coefficient (Wildman–Crippen LogP) is 4.29. The fourth-order valence-electron chi connectivity index (χ4n) is 2.87. The summed E-state index contributed by atoms with van der Waals surface area (Å²) in [5.74, 6) is -0.240. The van der Waals surface area contributed by atoms with Gasteiger partial charge < -0.3 is 0 Å². The number of carbonyl (C=O) groups excluding carboxylic acids is 1. The van der Waals surface area contributed by atoms with Gasteiger partial charge in [-0.25, -0.2) is 4.39 Å². The van der Waals surface area contributed by atoms with Gasteiger partial charge in [-0.05, 0) is 57.4 Å². The average molecular weight is 312 g/mol. The second kappa shape index (κ2) is 6.89. The van der Waals surface area contributed by atoms with E-state index in [1.54, 1.807) is 12.1 Å². The molecule has 1 aromatic rings. The zero-order chi connectivity index (χ0) is 15.6. The van der Waals surface area contributed by atoms with E-state index in [0.717, 1.165) is 18.5 Å². The number of aryl methyl sites for hydroxylation is 1. The van der Waals surface area contributed by atoms with Crippen molar-refractivity contribution in [3.63, 3.8) is 0 Å². The van der Waals surface area contributed by atoms with Crippen molar-refractivity contribution >= 4 is 17.4 Å². The van der Waals surface area contributed by atoms with Crippen LogP contribution in [0.1, 0.15) is 42.6 Å². The summed E-state index contributed by atoms with van der Waals surface area (Å²) in [6, 6.07) is 5.75. The van der Waals surface area contributed by atoms with Crippen LogP contribution in [0.3, 0.4) is 0 Å². The van der Waals surface area contributed by atoms with Gasteiger partial charge in [-0.3, -0.25) is 9.69 Å². The van der Waals surface area contributed by atoms with E-state index in [1.165, 1.54) is 0 Å². The maximum Gasteiger partial charge on any atom is 0.164 e. The van der Waals surface area contributed by atoms with Gasteiger partial charge in [0.05, 0.1) is 5.02 Å². The molecule has 0 N–H and O–H groups in total. The van der Waals surface area contributed by atoms with Crippen LogP contribution in [0.5, 0.6) is 0 Å². The molecule has 2 rings (SSSR count). The van der Waals surface area contributed by atoms with Gasteiger partial charge in [0.15, 0.2) is 5.78 Å². The van der Waals surface area contributed by atoms with E-state index in [0.29, 0.717) is 23.2 Å². The van der Waals surface area contributed by atoms with Crippen molar-refractivity contribution in [3.8, 4) is 0 Å². The number of hydrogen-bond donors (Lipinski definition) is 0. The highest BCUT2D eigenvalue weighted by molar-refractivity contribution is 6.34. The van der Waals surface area contributed by atoms with Crippen molar-refractivity contribution in [1.82, 2.24) is 4.90 Å². The number of likely N-dealkylation sites (tertiary alicyclic amines) is 1. The van der Waals surface area contributed by atoms with Gasteiger partial charge in [-0.2, -0.15) is 0 Å².